The molecule has 0 saturated carbocycles. The van der Waals surface area contributed by atoms with E-state index < -0.39 is 17.5 Å². The highest BCUT2D eigenvalue weighted by Gasteiger charge is 2.28. The molecule has 3 aromatic carbocycles. The molecule has 4 aromatic rings. The summed E-state index contributed by atoms with van der Waals surface area (Å²) in [5, 5.41) is 12.0. The Morgan fingerprint density at radius 3 is 2.37 bits per heavy atom. The Hall–Kier alpha value is -4.83. The fraction of sp³-hybridized carbons (Fsp3) is 0.107. The standard InChI is InChI=1S/C28H20N2O5/c31-26-22-12-11-17(14-25(22)30-15-23(26)27(32)33)6-5-13-29-28(34)35-16-24-20-9-3-1-7-18(20)19-8-2-4-10-21(19)24/h1-4,7-12,14-15,24H,13,16H2,(H,29,34)(H,30,31)(H,32,33). The molecule has 0 radical (unpaired) electrons. The number of amides is 1. The van der Waals surface area contributed by atoms with E-state index in [0.29, 0.717) is 11.1 Å². The second kappa shape index (κ2) is 9.20. The van der Waals surface area contributed by atoms with Gasteiger partial charge >= 0.3 is 12.1 Å². The summed E-state index contributed by atoms with van der Waals surface area (Å²) in [4.78, 5) is 38.4. The number of alkyl carbamates (subject to hydrolysis) is 1. The van der Waals surface area contributed by atoms with Crippen LogP contribution in [0.5, 0.6) is 0 Å². The van der Waals surface area contributed by atoms with Gasteiger partial charge in [0.05, 0.1) is 12.1 Å². The minimum Gasteiger partial charge on any atom is -0.477 e. The number of aromatic amines is 1. The molecule has 7 heteroatoms. The number of ether oxygens (including phenoxy) is 1. The van der Waals surface area contributed by atoms with Crippen LogP contribution in [-0.2, 0) is 4.74 Å². The van der Waals surface area contributed by atoms with Gasteiger partial charge in [-0.05, 0) is 40.5 Å². The maximum Gasteiger partial charge on any atom is 0.407 e. The van der Waals surface area contributed by atoms with Gasteiger partial charge in [-0.2, -0.15) is 0 Å². The molecule has 0 unspecified atom stereocenters. The maximum absolute atomic E-state index is 12.2. The van der Waals surface area contributed by atoms with Crippen LogP contribution in [0, 0.1) is 11.8 Å². The minimum atomic E-state index is -1.28. The normalized spacial score (nSPS) is 11.8. The Morgan fingerprint density at radius 2 is 1.69 bits per heavy atom. The second-order valence-electron chi connectivity index (χ2n) is 8.08. The molecule has 3 N–H and O–H groups in total. The highest BCUT2D eigenvalue weighted by molar-refractivity contribution is 5.92. The molecule has 0 fully saturated rings. The van der Waals surface area contributed by atoms with Gasteiger partial charge in [0.15, 0.2) is 0 Å². The first-order chi connectivity index (χ1) is 17.0. The summed E-state index contributed by atoms with van der Waals surface area (Å²) in [5.41, 5.74) is 4.85. The number of carbonyl (C=O) groups excluding carboxylic acids is 1. The largest absolute Gasteiger partial charge is 0.477 e. The van der Waals surface area contributed by atoms with Crippen molar-refractivity contribution in [3.63, 3.8) is 0 Å². The number of aromatic carboxylic acids is 1. The van der Waals surface area contributed by atoms with E-state index in [-0.39, 0.29) is 30.0 Å². The first-order valence-corrected chi connectivity index (χ1v) is 11.0. The number of nitrogens with one attached hydrogen (secondary N) is 2. The molecule has 1 aliphatic carbocycles. The summed E-state index contributed by atoms with van der Waals surface area (Å²) < 4.78 is 5.49. The summed E-state index contributed by atoms with van der Waals surface area (Å²) >= 11 is 0. The van der Waals surface area contributed by atoms with E-state index in [2.05, 4.69) is 46.4 Å². The van der Waals surface area contributed by atoms with Crippen LogP contribution in [0.15, 0.2) is 77.7 Å². The van der Waals surface area contributed by atoms with E-state index >= 15 is 0 Å². The number of fused-ring (bicyclic) bond motifs is 4. The monoisotopic (exact) mass is 464 g/mol. The van der Waals surface area contributed by atoms with Gasteiger partial charge in [-0.15, -0.1) is 0 Å². The van der Waals surface area contributed by atoms with Crippen molar-refractivity contribution in [3.8, 4) is 23.0 Å². The molecule has 7 nitrogen and oxygen atoms in total. The second-order valence-corrected chi connectivity index (χ2v) is 8.08. The molecule has 1 heterocycles. The predicted molar refractivity (Wildman–Crippen MR) is 131 cm³/mol. The number of pyridine rings is 1. The Balaban J connectivity index is 1.20. The molecule has 35 heavy (non-hydrogen) atoms. The van der Waals surface area contributed by atoms with Crippen molar-refractivity contribution in [2.24, 2.45) is 0 Å². The number of H-pyrrole nitrogens is 1. The van der Waals surface area contributed by atoms with Gasteiger partial charge < -0.3 is 20.1 Å². The van der Waals surface area contributed by atoms with Crippen LogP contribution in [0.2, 0.25) is 0 Å². The quantitative estimate of drug-likeness (QED) is 0.394. The van der Waals surface area contributed by atoms with Crippen molar-refractivity contribution in [2.75, 3.05) is 13.2 Å². The fourth-order valence-corrected chi connectivity index (χ4v) is 4.37. The molecule has 0 spiro atoms. The molecule has 172 valence electrons. The number of carboxylic acids is 1. The van der Waals surface area contributed by atoms with Crippen molar-refractivity contribution >= 4 is 23.0 Å². The van der Waals surface area contributed by atoms with E-state index in [4.69, 9.17) is 9.84 Å². The number of hydrogen-bond donors (Lipinski definition) is 3. The zero-order chi connectivity index (χ0) is 24.4. The molecular weight excluding hydrogens is 444 g/mol. The third kappa shape index (κ3) is 4.25. The Morgan fingerprint density at radius 1 is 1.00 bits per heavy atom. The first kappa shape index (κ1) is 22.0. The molecule has 0 aliphatic heterocycles. The van der Waals surface area contributed by atoms with Crippen molar-refractivity contribution in [1.29, 1.82) is 0 Å². The van der Waals surface area contributed by atoms with Crippen molar-refractivity contribution < 1.29 is 19.4 Å². The van der Waals surface area contributed by atoms with Gasteiger partial charge in [-0.25, -0.2) is 9.59 Å². The summed E-state index contributed by atoms with van der Waals surface area (Å²) in [6, 6.07) is 21.1. The number of rotatable bonds is 4. The fourth-order valence-electron chi connectivity index (χ4n) is 4.37. The van der Waals surface area contributed by atoms with E-state index in [9.17, 15) is 14.4 Å². The smallest absolute Gasteiger partial charge is 0.407 e. The molecule has 0 saturated heterocycles. The molecule has 1 aromatic heterocycles. The Labute approximate surface area is 200 Å². The highest BCUT2D eigenvalue weighted by Crippen LogP contribution is 2.44. The molecule has 0 bridgehead atoms. The van der Waals surface area contributed by atoms with Crippen LogP contribution >= 0.6 is 0 Å². The zero-order valence-electron chi connectivity index (χ0n) is 18.5. The van der Waals surface area contributed by atoms with Crippen molar-refractivity contribution in [1.82, 2.24) is 10.3 Å². The summed E-state index contributed by atoms with van der Waals surface area (Å²) in [7, 11) is 0. The lowest BCUT2D eigenvalue weighted by molar-refractivity contribution is 0.0695. The zero-order valence-corrected chi connectivity index (χ0v) is 18.5. The van der Waals surface area contributed by atoms with Crippen LogP contribution in [0.1, 0.15) is 33.0 Å². The number of benzene rings is 3. The first-order valence-electron chi connectivity index (χ1n) is 11.0. The molecule has 1 amide bonds. The van der Waals surface area contributed by atoms with Crippen LogP contribution in [0.25, 0.3) is 22.0 Å². The molecule has 1 aliphatic rings. The maximum atomic E-state index is 12.2. The van der Waals surface area contributed by atoms with Gasteiger partial charge in [0.25, 0.3) is 0 Å². The number of hydrogen-bond acceptors (Lipinski definition) is 4. The number of carbonyl (C=O) groups is 2. The SMILES string of the molecule is O=C(NCC#Cc1ccc2c(=O)c(C(=O)O)c[nH]c2c1)OCC1c2ccccc2-c2ccccc21. The van der Waals surface area contributed by atoms with Crippen LogP contribution in [-0.4, -0.2) is 35.3 Å². The minimum absolute atomic E-state index is 0.0133. The van der Waals surface area contributed by atoms with E-state index in [1.165, 1.54) is 23.4 Å². The lowest BCUT2D eigenvalue weighted by Gasteiger charge is -2.14. The van der Waals surface area contributed by atoms with Crippen molar-refractivity contribution in [3.05, 3.63) is 105 Å². The highest BCUT2D eigenvalue weighted by atomic mass is 16.5. The molecule has 5 rings (SSSR count). The third-order valence-electron chi connectivity index (χ3n) is 6.01. The van der Waals surface area contributed by atoms with Crippen LogP contribution in [0.3, 0.4) is 0 Å². The van der Waals surface area contributed by atoms with Gasteiger partial charge in [-0.3, -0.25) is 4.79 Å². The van der Waals surface area contributed by atoms with Gasteiger partial charge in [0.1, 0.15) is 12.2 Å². The van der Waals surface area contributed by atoms with E-state index in [1.807, 2.05) is 24.3 Å². The Bertz CT molecular complexity index is 1550. The number of carboxylic acid groups (broad SMARTS) is 1. The third-order valence-corrected chi connectivity index (χ3v) is 6.01. The lowest BCUT2D eigenvalue weighted by atomic mass is 9.98. The lowest BCUT2D eigenvalue weighted by Crippen LogP contribution is -2.26. The van der Waals surface area contributed by atoms with Gasteiger partial charge in [0.2, 0.25) is 5.43 Å². The summed E-state index contributed by atoms with van der Waals surface area (Å²) in [6.45, 7) is 0.312. The predicted octanol–water partition coefficient (Wildman–Crippen LogP) is 4.12. The van der Waals surface area contributed by atoms with Gasteiger partial charge in [-0.1, -0.05) is 60.4 Å². The average Bonchev–Trinajstić information content (AvgIpc) is 3.19. The summed E-state index contributed by atoms with van der Waals surface area (Å²) in [6.07, 6.45) is 0.619. The number of aromatic nitrogens is 1. The van der Waals surface area contributed by atoms with E-state index in [1.54, 1.807) is 12.1 Å². The van der Waals surface area contributed by atoms with E-state index in [0.717, 1.165) is 11.1 Å². The van der Waals surface area contributed by atoms with Crippen LogP contribution < -0.4 is 10.7 Å². The van der Waals surface area contributed by atoms with Crippen LogP contribution in [0.4, 0.5) is 4.79 Å². The topological polar surface area (TPSA) is 108 Å². The molecule has 0 atom stereocenters. The average molecular weight is 464 g/mol. The van der Waals surface area contributed by atoms with Crippen molar-refractivity contribution in [2.45, 2.75) is 5.92 Å². The van der Waals surface area contributed by atoms with Gasteiger partial charge in [0, 0.05) is 23.1 Å². The molecular formula is C28H20N2O5. The summed E-state index contributed by atoms with van der Waals surface area (Å²) in [5.74, 6) is 4.47. The Kier molecular flexibility index (Phi) is 5.78.